The zero-order chi connectivity index (χ0) is 14.9. The van der Waals surface area contributed by atoms with Gasteiger partial charge in [-0.25, -0.2) is 9.18 Å². The average Bonchev–Trinajstić information content (AvgIpc) is 3.07. The van der Waals surface area contributed by atoms with Crippen molar-refractivity contribution in [3.8, 4) is 0 Å². The maximum Gasteiger partial charge on any atom is 0.341 e. The molecule has 0 amide bonds. The van der Waals surface area contributed by atoms with Gasteiger partial charge in [0.1, 0.15) is 12.4 Å². The van der Waals surface area contributed by atoms with Crippen LogP contribution in [0.1, 0.15) is 48.9 Å². The number of nitrogens with two attached hydrogens (primary N) is 1. The summed E-state index contributed by atoms with van der Waals surface area (Å²) in [5.41, 5.74) is 5.67. The lowest BCUT2D eigenvalue weighted by atomic mass is 9.98. The second kappa shape index (κ2) is 5.64. The van der Waals surface area contributed by atoms with Crippen LogP contribution in [0.4, 0.5) is 10.1 Å². The molecule has 2 N–H and O–H groups in total. The van der Waals surface area contributed by atoms with Gasteiger partial charge in [-0.05, 0) is 43.9 Å². The molecule has 114 valence electrons. The Bertz CT molecular complexity index is 540. The van der Waals surface area contributed by atoms with Gasteiger partial charge in [0.2, 0.25) is 0 Å². The van der Waals surface area contributed by atoms with E-state index in [-0.39, 0.29) is 29.6 Å². The van der Waals surface area contributed by atoms with Crippen LogP contribution in [0.15, 0.2) is 18.2 Å². The molecule has 1 heterocycles. The van der Waals surface area contributed by atoms with Crippen molar-refractivity contribution in [2.75, 3.05) is 12.3 Å². The van der Waals surface area contributed by atoms with E-state index < -0.39 is 11.8 Å². The highest BCUT2D eigenvalue weighted by atomic mass is 19.1. The number of benzene rings is 1. The van der Waals surface area contributed by atoms with E-state index in [0.717, 1.165) is 31.7 Å². The molecule has 1 aliphatic heterocycles. The summed E-state index contributed by atoms with van der Waals surface area (Å²) in [5, 5.41) is 0. The van der Waals surface area contributed by atoms with Gasteiger partial charge in [-0.2, -0.15) is 0 Å². The van der Waals surface area contributed by atoms with Crippen LogP contribution in [0.25, 0.3) is 0 Å². The number of esters is 1. The molecule has 1 aliphatic carbocycles. The van der Waals surface area contributed by atoms with Crippen molar-refractivity contribution in [1.29, 1.82) is 0 Å². The Kier molecular flexibility index (Phi) is 3.85. The zero-order valence-corrected chi connectivity index (χ0v) is 11.9. The number of hydrogen-bond donors (Lipinski definition) is 1. The summed E-state index contributed by atoms with van der Waals surface area (Å²) in [6.45, 7) is 0.185. The van der Waals surface area contributed by atoms with Crippen molar-refractivity contribution in [3.63, 3.8) is 0 Å². The summed E-state index contributed by atoms with van der Waals surface area (Å²) >= 11 is 0. The molecule has 21 heavy (non-hydrogen) atoms. The van der Waals surface area contributed by atoms with Gasteiger partial charge in [-0.1, -0.05) is 12.8 Å². The minimum absolute atomic E-state index is 0.0174. The van der Waals surface area contributed by atoms with Gasteiger partial charge in [0.05, 0.1) is 17.3 Å². The first-order valence-corrected chi connectivity index (χ1v) is 7.48. The number of carbonyl (C=O) groups is 1. The summed E-state index contributed by atoms with van der Waals surface area (Å²) in [5.74, 6) is -1.32. The number of ether oxygens (including phenoxy) is 2. The molecule has 3 rings (SSSR count). The van der Waals surface area contributed by atoms with Crippen molar-refractivity contribution < 1.29 is 18.7 Å². The van der Waals surface area contributed by atoms with Crippen LogP contribution in [0, 0.1) is 5.82 Å². The van der Waals surface area contributed by atoms with E-state index in [1.54, 1.807) is 0 Å². The van der Waals surface area contributed by atoms with E-state index in [2.05, 4.69) is 0 Å². The van der Waals surface area contributed by atoms with Gasteiger partial charge >= 0.3 is 5.97 Å². The van der Waals surface area contributed by atoms with E-state index in [0.29, 0.717) is 0 Å². The topological polar surface area (TPSA) is 61.6 Å². The molecule has 1 aromatic rings. The van der Waals surface area contributed by atoms with E-state index in [1.165, 1.54) is 25.0 Å². The Morgan fingerprint density at radius 3 is 2.86 bits per heavy atom. The Morgan fingerprint density at radius 2 is 2.14 bits per heavy atom. The molecule has 1 saturated heterocycles. The van der Waals surface area contributed by atoms with Gasteiger partial charge < -0.3 is 15.2 Å². The van der Waals surface area contributed by atoms with Crippen LogP contribution < -0.4 is 5.73 Å². The number of hydrogen-bond acceptors (Lipinski definition) is 4. The second-order valence-corrected chi connectivity index (χ2v) is 6.01. The Balaban J connectivity index is 1.54. The summed E-state index contributed by atoms with van der Waals surface area (Å²) in [7, 11) is 0. The molecular formula is C16H20FNO3. The SMILES string of the molecule is Nc1ccc(C(=O)OCC2CCC3(CCCC3)O2)c(F)c1. The lowest BCUT2D eigenvalue weighted by Crippen LogP contribution is -2.27. The molecule has 1 spiro atoms. The normalized spacial score (nSPS) is 23.6. The second-order valence-electron chi connectivity index (χ2n) is 6.01. The molecule has 2 fully saturated rings. The van der Waals surface area contributed by atoms with Crippen molar-refractivity contribution in [3.05, 3.63) is 29.6 Å². The molecule has 1 saturated carbocycles. The maximum absolute atomic E-state index is 13.6. The smallest absolute Gasteiger partial charge is 0.341 e. The van der Waals surface area contributed by atoms with Gasteiger partial charge in [0.15, 0.2) is 0 Å². The number of nitrogen functional groups attached to an aromatic ring is 1. The lowest BCUT2D eigenvalue weighted by Gasteiger charge is -2.23. The predicted octanol–water partition coefficient (Wildman–Crippen LogP) is 3.06. The summed E-state index contributed by atoms with van der Waals surface area (Å²) in [6, 6.07) is 3.95. The standard InChI is InChI=1S/C16H20FNO3/c17-14-9-11(18)3-4-13(14)15(19)20-10-12-5-8-16(21-12)6-1-2-7-16/h3-4,9,12H,1-2,5-8,10,18H2. The molecular weight excluding hydrogens is 273 g/mol. The Labute approximate surface area is 123 Å². The van der Waals surface area contributed by atoms with Crippen molar-refractivity contribution in [1.82, 2.24) is 0 Å². The third-order valence-corrected chi connectivity index (χ3v) is 4.47. The number of halogens is 1. The maximum atomic E-state index is 13.6. The van der Waals surface area contributed by atoms with Crippen molar-refractivity contribution in [2.45, 2.75) is 50.2 Å². The first-order chi connectivity index (χ1) is 10.1. The summed E-state index contributed by atoms with van der Waals surface area (Å²) < 4.78 is 24.9. The molecule has 2 aliphatic rings. The van der Waals surface area contributed by atoms with Gasteiger partial charge in [0, 0.05) is 5.69 Å². The fraction of sp³-hybridized carbons (Fsp3) is 0.562. The molecule has 1 atom stereocenters. The highest BCUT2D eigenvalue weighted by Crippen LogP contribution is 2.43. The molecule has 5 heteroatoms. The largest absolute Gasteiger partial charge is 0.459 e. The lowest BCUT2D eigenvalue weighted by molar-refractivity contribution is -0.0598. The third kappa shape index (κ3) is 3.02. The molecule has 1 aromatic carbocycles. The van der Waals surface area contributed by atoms with Crippen molar-refractivity contribution >= 4 is 11.7 Å². The van der Waals surface area contributed by atoms with E-state index >= 15 is 0 Å². The molecule has 0 aromatic heterocycles. The predicted molar refractivity (Wildman–Crippen MR) is 76.4 cm³/mol. The van der Waals surface area contributed by atoms with E-state index in [4.69, 9.17) is 15.2 Å². The van der Waals surface area contributed by atoms with E-state index in [9.17, 15) is 9.18 Å². The molecule has 0 radical (unpaired) electrons. The third-order valence-electron chi connectivity index (χ3n) is 4.47. The Morgan fingerprint density at radius 1 is 1.38 bits per heavy atom. The fourth-order valence-electron chi connectivity index (χ4n) is 3.34. The summed E-state index contributed by atoms with van der Waals surface area (Å²) in [4.78, 5) is 11.9. The van der Waals surface area contributed by atoms with Crippen LogP contribution in [0.5, 0.6) is 0 Å². The van der Waals surface area contributed by atoms with Gasteiger partial charge in [0.25, 0.3) is 0 Å². The van der Waals surface area contributed by atoms with Crippen LogP contribution in [0.2, 0.25) is 0 Å². The monoisotopic (exact) mass is 293 g/mol. The van der Waals surface area contributed by atoms with Crippen molar-refractivity contribution in [2.24, 2.45) is 0 Å². The van der Waals surface area contributed by atoms with Gasteiger partial charge in [-0.3, -0.25) is 0 Å². The average molecular weight is 293 g/mol. The molecule has 0 bridgehead atoms. The fourth-order valence-corrected chi connectivity index (χ4v) is 3.34. The van der Waals surface area contributed by atoms with Crippen LogP contribution >= 0.6 is 0 Å². The Hall–Kier alpha value is -1.62. The number of anilines is 1. The highest BCUT2D eigenvalue weighted by molar-refractivity contribution is 5.90. The van der Waals surface area contributed by atoms with Gasteiger partial charge in [-0.15, -0.1) is 0 Å². The van der Waals surface area contributed by atoms with Crippen LogP contribution in [-0.4, -0.2) is 24.3 Å². The van der Waals surface area contributed by atoms with Crippen LogP contribution in [0.3, 0.4) is 0 Å². The van der Waals surface area contributed by atoms with E-state index in [1.807, 2.05) is 0 Å². The minimum Gasteiger partial charge on any atom is -0.459 e. The molecule has 4 nitrogen and oxygen atoms in total. The molecule has 1 unspecified atom stereocenters. The highest BCUT2D eigenvalue weighted by Gasteiger charge is 2.42. The summed E-state index contributed by atoms with van der Waals surface area (Å²) in [6.07, 6.45) is 6.49. The first-order valence-electron chi connectivity index (χ1n) is 7.48. The quantitative estimate of drug-likeness (QED) is 0.687. The number of carbonyl (C=O) groups excluding carboxylic acids is 1. The first kappa shape index (κ1) is 14.3. The minimum atomic E-state index is -0.663. The number of rotatable bonds is 3. The van der Waals surface area contributed by atoms with Crippen LogP contribution in [-0.2, 0) is 9.47 Å². The zero-order valence-electron chi connectivity index (χ0n) is 11.9.